The van der Waals surface area contributed by atoms with Crippen LogP contribution in [0.5, 0.6) is 0 Å². The van der Waals surface area contributed by atoms with Crippen LogP contribution in [0.25, 0.3) is 0 Å². The van der Waals surface area contributed by atoms with Gasteiger partial charge in [-0.25, -0.2) is 4.79 Å². The highest BCUT2D eigenvalue weighted by Crippen LogP contribution is 2.08. The molecule has 1 fully saturated rings. The Bertz CT molecular complexity index is 474. The summed E-state index contributed by atoms with van der Waals surface area (Å²) in [5.74, 6) is 0.0724. The van der Waals surface area contributed by atoms with Gasteiger partial charge in [0.05, 0.1) is 18.5 Å². The second-order valence-corrected chi connectivity index (χ2v) is 5.07. The minimum absolute atomic E-state index is 0.0613. The van der Waals surface area contributed by atoms with Crippen LogP contribution in [0.4, 0.5) is 4.79 Å². The lowest BCUT2D eigenvalue weighted by Crippen LogP contribution is -2.45. The molecule has 1 unspecified atom stereocenters. The Hall–Kier alpha value is -2.15. The van der Waals surface area contributed by atoms with Crippen molar-refractivity contribution in [2.75, 3.05) is 19.8 Å². The summed E-state index contributed by atoms with van der Waals surface area (Å²) in [6, 6.07) is 3.66. The number of hydrogen-bond donors (Lipinski definition) is 3. The summed E-state index contributed by atoms with van der Waals surface area (Å²) in [5, 5.41) is 10.3. The number of nitrogens with two attached hydrogens (primary N) is 1. The molecular formula is C14H21N5O2. The van der Waals surface area contributed by atoms with Crippen molar-refractivity contribution in [3.8, 4) is 0 Å². The molecule has 1 aromatic heterocycles. The van der Waals surface area contributed by atoms with Gasteiger partial charge in [0.1, 0.15) is 0 Å². The average molecular weight is 291 g/mol. The van der Waals surface area contributed by atoms with Crippen molar-refractivity contribution in [3.63, 3.8) is 0 Å². The van der Waals surface area contributed by atoms with Crippen LogP contribution in [-0.2, 0) is 11.3 Å². The van der Waals surface area contributed by atoms with E-state index in [4.69, 9.17) is 15.9 Å². The molecule has 0 radical (unpaired) electrons. The summed E-state index contributed by atoms with van der Waals surface area (Å²) in [6.45, 7) is 2.09. The van der Waals surface area contributed by atoms with Gasteiger partial charge >= 0.3 is 6.03 Å². The molecule has 1 atom stereocenters. The summed E-state index contributed by atoms with van der Waals surface area (Å²) in [4.78, 5) is 18.0. The summed E-state index contributed by atoms with van der Waals surface area (Å²) in [7, 11) is 0. The second kappa shape index (κ2) is 7.58. The van der Waals surface area contributed by atoms with Crippen LogP contribution in [0.1, 0.15) is 18.4 Å². The maximum absolute atomic E-state index is 12.3. The molecule has 0 spiro atoms. The van der Waals surface area contributed by atoms with Crippen LogP contribution in [0.2, 0.25) is 0 Å². The van der Waals surface area contributed by atoms with Crippen molar-refractivity contribution in [3.05, 3.63) is 30.1 Å². The molecule has 21 heavy (non-hydrogen) atoms. The first kappa shape index (κ1) is 15.2. The maximum Gasteiger partial charge on any atom is 0.318 e. The normalized spacial score (nSPS) is 17.4. The second-order valence-electron chi connectivity index (χ2n) is 5.07. The smallest absolute Gasteiger partial charge is 0.318 e. The lowest BCUT2D eigenvalue weighted by atomic mass is 10.2. The van der Waals surface area contributed by atoms with E-state index in [0.717, 1.165) is 12.0 Å². The number of ether oxygens (including phenoxy) is 1. The zero-order valence-corrected chi connectivity index (χ0v) is 11.9. The number of amides is 2. The maximum atomic E-state index is 12.3. The average Bonchev–Trinajstić information content (AvgIpc) is 2.97. The third-order valence-corrected chi connectivity index (χ3v) is 3.29. The van der Waals surface area contributed by atoms with E-state index in [1.807, 2.05) is 12.1 Å². The van der Waals surface area contributed by atoms with Crippen molar-refractivity contribution in [1.82, 2.24) is 15.2 Å². The first-order chi connectivity index (χ1) is 10.1. The Morgan fingerprint density at radius 2 is 2.48 bits per heavy atom. The summed E-state index contributed by atoms with van der Waals surface area (Å²) >= 11 is 0. The fourth-order valence-corrected chi connectivity index (χ4v) is 2.13. The molecule has 2 rings (SSSR count). The fourth-order valence-electron chi connectivity index (χ4n) is 2.13. The van der Waals surface area contributed by atoms with E-state index in [-0.39, 0.29) is 17.9 Å². The first-order valence-corrected chi connectivity index (χ1v) is 7.00. The molecular weight excluding hydrogens is 270 g/mol. The van der Waals surface area contributed by atoms with Gasteiger partial charge in [0.2, 0.25) is 0 Å². The number of pyridine rings is 1. The molecule has 114 valence electrons. The number of rotatable bonds is 6. The zero-order valence-electron chi connectivity index (χ0n) is 11.9. The highest BCUT2D eigenvalue weighted by atomic mass is 16.5. The third kappa shape index (κ3) is 5.03. The number of urea groups is 1. The predicted molar refractivity (Wildman–Crippen MR) is 78.9 cm³/mol. The quantitative estimate of drug-likeness (QED) is 0.530. The number of amidine groups is 1. The molecule has 0 aliphatic carbocycles. The van der Waals surface area contributed by atoms with Gasteiger partial charge in [0.25, 0.3) is 0 Å². The number of hydrogen-bond acceptors (Lipinski definition) is 4. The standard InChI is InChI=1S/C14H21N5O2/c15-13(16)3-6-19(9-11-2-1-5-17-8-11)14(20)18-12-4-7-21-10-12/h1-2,5,8,12H,3-4,6-7,9-10H2,(H3,15,16)(H,18,20). The van der Waals surface area contributed by atoms with Crippen molar-refractivity contribution >= 4 is 11.9 Å². The van der Waals surface area contributed by atoms with E-state index in [9.17, 15) is 4.79 Å². The first-order valence-electron chi connectivity index (χ1n) is 7.00. The molecule has 1 aliphatic heterocycles. The van der Waals surface area contributed by atoms with Gasteiger partial charge in [-0.3, -0.25) is 10.4 Å². The molecule has 2 amide bonds. The molecule has 1 aliphatic rings. The van der Waals surface area contributed by atoms with Gasteiger partial charge in [0.15, 0.2) is 0 Å². The van der Waals surface area contributed by atoms with Crippen molar-refractivity contribution in [1.29, 1.82) is 5.41 Å². The van der Waals surface area contributed by atoms with E-state index < -0.39 is 0 Å². The van der Waals surface area contributed by atoms with Crippen LogP contribution in [0.3, 0.4) is 0 Å². The van der Waals surface area contributed by atoms with Crippen molar-refractivity contribution in [2.24, 2.45) is 5.73 Å². The van der Waals surface area contributed by atoms with E-state index in [1.54, 1.807) is 17.3 Å². The molecule has 0 bridgehead atoms. The largest absolute Gasteiger partial charge is 0.388 e. The number of aromatic nitrogens is 1. The van der Waals surface area contributed by atoms with Gasteiger partial charge in [-0.05, 0) is 18.1 Å². The fraction of sp³-hybridized carbons (Fsp3) is 0.500. The minimum atomic E-state index is -0.157. The van der Waals surface area contributed by atoms with Crippen LogP contribution < -0.4 is 11.1 Å². The molecule has 2 heterocycles. The highest BCUT2D eigenvalue weighted by molar-refractivity contribution is 5.79. The molecule has 4 N–H and O–H groups in total. The van der Waals surface area contributed by atoms with Crippen molar-refractivity contribution in [2.45, 2.75) is 25.4 Å². The van der Waals surface area contributed by atoms with E-state index in [1.165, 1.54) is 0 Å². The molecule has 0 saturated carbocycles. The number of nitrogens with zero attached hydrogens (tertiary/aromatic N) is 2. The molecule has 1 saturated heterocycles. The predicted octanol–water partition coefficient (Wildman–Crippen LogP) is 0.708. The Morgan fingerprint density at radius 1 is 1.62 bits per heavy atom. The number of nitrogens with one attached hydrogen (secondary N) is 2. The van der Waals surface area contributed by atoms with Gasteiger partial charge in [0, 0.05) is 38.5 Å². The van der Waals surface area contributed by atoms with E-state index >= 15 is 0 Å². The topological polar surface area (TPSA) is 104 Å². The molecule has 7 heteroatoms. The van der Waals surface area contributed by atoms with Gasteiger partial charge in [-0.15, -0.1) is 0 Å². The Morgan fingerprint density at radius 3 is 3.10 bits per heavy atom. The van der Waals surface area contributed by atoms with E-state index in [2.05, 4.69) is 10.3 Å². The highest BCUT2D eigenvalue weighted by Gasteiger charge is 2.21. The number of carbonyl (C=O) groups is 1. The third-order valence-electron chi connectivity index (χ3n) is 3.29. The Kier molecular flexibility index (Phi) is 5.51. The van der Waals surface area contributed by atoms with Crippen LogP contribution in [0.15, 0.2) is 24.5 Å². The van der Waals surface area contributed by atoms with E-state index in [0.29, 0.717) is 32.7 Å². The van der Waals surface area contributed by atoms with Crippen LogP contribution >= 0.6 is 0 Å². The van der Waals surface area contributed by atoms with Crippen LogP contribution in [0, 0.1) is 5.41 Å². The lowest BCUT2D eigenvalue weighted by Gasteiger charge is -2.24. The monoisotopic (exact) mass is 291 g/mol. The molecule has 1 aromatic rings. The SMILES string of the molecule is N=C(N)CCN(Cc1cccnc1)C(=O)NC1CCOC1. The Balaban J connectivity index is 1.96. The summed E-state index contributed by atoms with van der Waals surface area (Å²) < 4.78 is 5.26. The van der Waals surface area contributed by atoms with Crippen LogP contribution in [-0.4, -0.2) is 47.6 Å². The van der Waals surface area contributed by atoms with Gasteiger partial charge in [-0.1, -0.05) is 6.07 Å². The number of carbonyl (C=O) groups excluding carboxylic acids is 1. The molecule has 7 nitrogen and oxygen atoms in total. The van der Waals surface area contributed by atoms with Crippen molar-refractivity contribution < 1.29 is 9.53 Å². The summed E-state index contributed by atoms with van der Waals surface area (Å²) in [6.07, 6.45) is 4.61. The zero-order chi connectivity index (χ0) is 15.1. The van der Waals surface area contributed by atoms with Gasteiger partial charge < -0.3 is 20.7 Å². The molecule has 0 aromatic carbocycles. The minimum Gasteiger partial charge on any atom is -0.388 e. The Labute approximate surface area is 124 Å². The lowest BCUT2D eigenvalue weighted by molar-refractivity contribution is 0.177. The summed E-state index contributed by atoms with van der Waals surface area (Å²) in [5.41, 5.74) is 6.33. The van der Waals surface area contributed by atoms with Gasteiger partial charge in [-0.2, -0.15) is 0 Å².